The van der Waals surface area contributed by atoms with Gasteiger partial charge in [-0.3, -0.25) is 0 Å². The molecule has 88 valence electrons. The number of hydrogen-bond acceptors (Lipinski definition) is 3. The monoisotopic (exact) mass is 226 g/mol. The largest absolute Gasteiger partial charge is 0.390 e. The van der Waals surface area contributed by atoms with Gasteiger partial charge in [0.2, 0.25) is 0 Å². The molecule has 4 atom stereocenters. The van der Waals surface area contributed by atoms with Crippen molar-refractivity contribution in [2.24, 2.45) is 0 Å². The SMILES string of the molecule is C[C@@H]1O[C@@H]([C@H](O)c2ccc(F)cc2)C[C@H]1O. The topological polar surface area (TPSA) is 49.7 Å². The van der Waals surface area contributed by atoms with Crippen LogP contribution in [0, 0.1) is 5.82 Å². The number of rotatable bonds is 2. The van der Waals surface area contributed by atoms with E-state index in [1.54, 1.807) is 6.92 Å². The van der Waals surface area contributed by atoms with Gasteiger partial charge in [0.15, 0.2) is 0 Å². The summed E-state index contributed by atoms with van der Waals surface area (Å²) in [6.45, 7) is 1.77. The second kappa shape index (κ2) is 4.49. The summed E-state index contributed by atoms with van der Waals surface area (Å²) < 4.78 is 18.1. The van der Waals surface area contributed by atoms with Crippen LogP contribution in [0.2, 0.25) is 0 Å². The van der Waals surface area contributed by atoms with Crippen molar-refractivity contribution in [3.05, 3.63) is 35.6 Å². The fraction of sp³-hybridized carbons (Fsp3) is 0.500. The molecule has 0 amide bonds. The number of hydrogen-bond donors (Lipinski definition) is 2. The van der Waals surface area contributed by atoms with Crippen molar-refractivity contribution >= 4 is 0 Å². The van der Waals surface area contributed by atoms with Gasteiger partial charge in [-0.15, -0.1) is 0 Å². The zero-order valence-corrected chi connectivity index (χ0v) is 9.01. The predicted octanol–water partition coefficient (Wildman–Crippen LogP) is 1.40. The highest BCUT2D eigenvalue weighted by molar-refractivity contribution is 5.19. The molecule has 0 saturated carbocycles. The molecule has 16 heavy (non-hydrogen) atoms. The van der Waals surface area contributed by atoms with Crippen molar-refractivity contribution in [2.45, 2.75) is 37.8 Å². The van der Waals surface area contributed by atoms with Crippen molar-refractivity contribution in [3.63, 3.8) is 0 Å². The minimum atomic E-state index is -0.819. The van der Waals surface area contributed by atoms with Gasteiger partial charge in [0.25, 0.3) is 0 Å². The minimum Gasteiger partial charge on any atom is -0.390 e. The number of aliphatic hydroxyl groups is 2. The molecule has 0 radical (unpaired) electrons. The maximum absolute atomic E-state index is 12.7. The molecule has 1 saturated heterocycles. The molecule has 1 heterocycles. The first-order chi connectivity index (χ1) is 7.58. The Morgan fingerprint density at radius 1 is 1.38 bits per heavy atom. The average molecular weight is 226 g/mol. The van der Waals surface area contributed by atoms with Gasteiger partial charge in [0.05, 0.1) is 18.3 Å². The first-order valence-electron chi connectivity index (χ1n) is 5.35. The Kier molecular flexibility index (Phi) is 3.23. The second-order valence-corrected chi connectivity index (χ2v) is 4.18. The lowest BCUT2D eigenvalue weighted by molar-refractivity contribution is -0.0380. The van der Waals surface area contributed by atoms with Gasteiger partial charge < -0.3 is 14.9 Å². The zero-order valence-electron chi connectivity index (χ0n) is 9.01. The van der Waals surface area contributed by atoms with E-state index in [0.29, 0.717) is 12.0 Å². The molecule has 0 unspecified atom stereocenters. The summed E-state index contributed by atoms with van der Waals surface area (Å²) in [7, 11) is 0. The fourth-order valence-corrected chi connectivity index (χ4v) is 1.93. The van der Waals surface area contributed by atoms with E-state index < -0.39 is 18.3 Å². The molecule has 0 aromatic heterocycles. The van der Waals surface area contributed by atoms with Gasteiger partial charge in [-0.25, -0.2) is 4.39 Å². The normalized spacial score (nSPS) is 31.6. The Labute approximate surface area is 93.5 Å². The van der Waals surface area contributed by atoms with Gasteiger partial charge in [-0.05, 0) is 24.6 Å². The predicted molar refractivity (Wildman–Crippen MR) is 56.3 cm³/mol. The summed E-state index contributed by atoms with van der Waals surface area (Å²) in [5.74, 6) is -0.336. The van der Waals surface area contributed by atoms with E-state index in [2.05, 4.69) is 0 Å². The maximum Gasteiger partial charge on any atom is 0.123 e. The Hall–Kier alpha value is -0.970. The van der Waals surface area contributed by atoms with Crippen LogP contribution in [-0.2, 0) is 4.74 Å². The van der Waals surface area contributed by atoms with Crippen LogP contribution in [-0.4, -0.2) is 28.5 Å². The summed E-state index contributed by atoms with van der Waals surface area (Å²) in [4.78, 5) is 0. The first kappa shape index (κ1) is 11.5. The van der Waals surface area contributed by atoms with Gasteiger partial charge >= 0.3 is 0 Å². The highest BCUT2D eigenvalue weighted by atomic mass is 19.1. The summed E-state index contributed by atoms with van der Waals surface area (Å²) in [5.41, 5.74) is 0.604. The number of benzene rings is 1. The van der Waals surface area contributed by atoms with Crippen LogP contribution in [0.5, 0.6) is 0 Å². The number of aliphatic hydroxyl groups excluding tert-OH is 2. The van der Waals surface area contributed by atoms with Crippen molar-refractivity contribution in [1.82, 2.24) is 0 Å². The van der Waals surface area contributed by atoms with Crippen LogP contribution in [0.1, 0.15) is 25.0 Å². The molecule has 1 aliphatic rings. The van der Waals surface area contributed by atoms with E-state index in [0.717, 1.165) is 0 Å². The summed E-state index contributed by atoms with van der Waals surface area (Å²) >= 11 is 0. The molecule has 2 N–H and O–H groups in total. The molecule has 4 heteroatoms. The molecular formula is C12H15FO3. The van der Waals surface area contributed by atoms with Gasteiger partial charge in [-0.2, -0.15) is 0 Å². The van der Waals surface area contributed by atoms with Crippen molar-refractivity contribution in [3.8, 4) is 0 Å². The summed E-state index contributed by atoms with van der Waals surface area (Å²) in [6.07, 6.45) is -1.64. The Balaban J connectivity index is 2.08. The van der Waals surface area contributed by atoms with E-state index in [1.165, 1.54) is 24.3 Å². The maximum atomic E-state index is 12.7. The molecule has 3 nitrogen and oxygen atoms in total. The van der Waals surface area contributed by atoms with E-state index in [4.69, 9.17) is 4.74 Å². The van der Waals surface area contributed by atoms with Crippen LogP contribution in [0.3, 0.4) is 0 Å². The van der Waals surface area contributed by atoms with Gasteiger partial charge in [0, 0.05) is 6.42 Å². The molecule has 0 spiro atoms. The number of halogens is 1. The van der Waals surface area contributed by atoms with Crippen LogP contribution in [0.15, 0.2) is 24.3 Å². The smallest absolute Gasteiger partial charge is 0.123 e. The standard InChI is InChI=1S/C12H15FO3/c1-7-10(14)6-11(16-7)12(15)8-2-4-9(13)5-3-8/h2-5,7,10-12,14-15H,6H2,1H3/t7-,10+,11+,12+/m0/s1. The van der Waals surface area contributed by atoms with Crippen LogP contribution in [0.4, 0.5) is 4.39 Å². The van der Waals surface area contributed by atoms with Crippen LogP contribution >= 0.6 is 0 Å². The Morgan fingerprint density at radius 2 is 2.00 bits per heavy atom. The fourth-order valence-electron chi connectivity index (χ4n) is 1.93. The second-order valence-electron chi connectivity index (χ2n) is 4.18. The molecule has 0 aliphatic carbocycles. The van der Waals surface area contributed by atoms with Crippen LogP contribution < -0.4 is 0 Å². The molecule has 1 aliphatic heterocycles. The molecule has 0 bridgehead atoms. The zero-order chi connectivity index (χ0) is 11.7. The van der Waals surface area contributed by atoms with Gasteiger partial charge in [-0.1, -0.05) is 12.1 Å². The van der Waals surface area contributed by atoms with Crippen LogP contribution in [0.25, 0.3) is 0 Å². The third-order valence-corrected chi connectivity index (χ3v) is 2.97. The molecule has 1 fully saturated rings. The number of ether oxygens (including phenoxy) is 1. The molecule has 2 rings (SSSR count). The Bertz CT molecular complexity index is 342. The average Bonchev–Trinajstić information content (AvgIpc) is 2.59. The van der Waals surface area contributed by atoms with E-state index in [1.807, 2.05) is 0 Å². The van der Waals surface area contributed by atoms with E-state index in [9.17, 15) is 14.6 Å². The quantitative estimate of drug-likeness (QED) is 0.801. The third-order valence-electron chi connectivity index (χ3n) is 2.97. The van der Waals surface area contributed by atoms with Crippen molar-refractivity contribution in [1.29, 1.82) is 0 Å². The highest BCUT2D eigenvalue weighted by Crippen LogP contribution is 2.30. The molecular weight excluding hydrogens is 211 g/mol. The third kappa shape index (κ3) is 2.24. The van der Waals surface area contributed by atoms with Gasteiger partial charge in [0.1, 0.15) is 11.9 Å². The first-order valence-corrected chi connectivity index (χ1v) is 5.35. The lowest BCUT2D eigenvalue weighted by atomic mass is 10.0. The van der Waals surface area contributed by atoms with Crippen molar-refractivity contribution in [2.75, 3.05) is 0 Å². The lowest BCUT2D eigenvalue weighted by Gasteiger charge is -2.18. The summed E-state index contributed by atoms with van der Waals surface area (Å²) in [5, 5.41) is 19.5. The molecule has 1 aromatic rings. The van der Waals surface area contributed by atoms with E-state index >= 15 is 0 Å². The molecule has 1 aromatic carbocycles. The Morgan fingerprint density at radius 3 is 2.50 bits per heavy atom. The highest BCUT2D eigenvalue weighted by Gasteiger charge is 2.35. The lowest BCUT2D eigenvalue weighted by Crippen LogP contribution is -2.18. The van der Waals surface area contributed by atoms with Crippen molar-refractivity contribution < 1.29 is 19.3 Å². The summed E-state index contributed by atoms with van der Waals surface area (Å²) in [6, 6.07) is 5.65. The van der Waals surface area contributed by atoms with E-state index in [-0.39, 0.29) is 11.9 Å². The minimum absolute atomic E-state index is 0.264.